The zero-order valence-corrected chi connectivity index (χ0v) is 9.74. The van der Waals surface area contributed by atoms with Crippen molar-refractivity contribution in [1.29, 1.82) is 5.26 Å². The van der Waals surface area contributed by atoms with Gasteiger partial charge in [-0.1, -0.05) is 0 Å². The fourth-order valence-electron chi connectivity index (χ4n) is 2.83. The van der Waals surface area contributed by atoms with Crippen molar-refractivity contribution < 1.29 is 4.74 Å². The second kappa shape index (κ2) is 4.01. The van der Waals surface area contributed by atoms with Crippen LogP contribution in [0.5, 0.6) is 0 Å². The summed E-state index contributed by atoms with van der Waals surface area (Å²) in [6, 6.07) is 2.88. The highest BCUT2D eigenvalue weighted by molar-refractivity contribution is 5.02. The lowest BCUT2D eigenvalue weighted by Crippen LogP contribution is -2.40. The van der Waals surface area contributed by atoms with Gasteiger partial charge >= 0.3 is 0 Å². The molecule has 2 aliphatic carbocycles. The second-order valence-electron chi connectivity index (χ2n) is 5.78. The van der Waals surface area contributed by atoms with Crippen LogP contribution in [0.4, 0.5) is 0 Å². The van der Waals surface area contributed by atoms with Crippen molar-refractivity contribution in [3.63, 3.8) is 0 Å². The molecule has 0 aromatic rings. The summed E-state index contributed by atoms with van der Waals surface area (Å²) in [4.78, 5) is 0. The van der Waals surface area contributed by atoms with Crippen LogP contribution in [-0.4, -0.2) is 25.3 Å². The second-order valence-corrected chi connectivity index (χ2v) is 5.78. The molecule has 16 heavy (non-hydrogen) atoms. The summed E-state index contributed by atoms with van der Waals surface area (Å²) in [5, 5.41) is 12.4. The Balaban J connectivity index is 1.49. The molecule has 3 fully saturated rings. The molecule has 0 radical (unpaired) electrons. The number of rotatable bonds is 5. The molecule has 3 nitrogen and oxygen atoms in total. The van der Waals surface area contributed by atoms with Gasteiger partial charge in [-0.2, -0.15) is 5.26 Å². The van der Waals surface area contributed by atoms with Crippen LogP contribution in [0.1, 0.15) is 38.5 Å². The van der Waals surface area contributed by atoms with Gasteiger partial charge in [-0.3, -0.25) is 0 Å². The quantitative estimate of drug-likeness (QED) is 0.769. The van der Waals surface area contributed by atoms with Crippen molar-refractivity contribution in [1.82, 2.24) is 5.32 Å². The molecule has 0 aromatic carbocycles. The molecule has 2 unspecified atom stereocenters. The summed E-state index contributed by atoms with van der Waals surface area (Å²) in [5.41, 5.74) is 0.325. The van der Waals surface area contributed by atoms with E-state index in [4.69, 9.17) is 10.00 Å². The van der Waals surface area contributed by atoms with Gasteiger partial charge in [-0.15, -0.1) is 0 Å². The Morgan fingerprint density at radius 3 is 2.75 bits per heavy atom. The Hall–Kier alpha value is -0.590. The van der Waals surface area contributed by atoms with Crippen LogP contribution in [0.15, 0.2) is 0 Å². The highest BCUT2D eigenvalue weighted by Gasteiger charge is 2.45. The smallest absolute Gasteiger partial charge is 0.0756 e. The van der Waals surface area contributed by atoms with Crippen LogP contribution < -0.4 is 5.32 Å². The molecular formula is C13H20N2O. The minimum Gasteiger partial charge on any atom is -0.376 e. The third-order valence-corrected chi connectivity index (χ3v) is 4.37. The standard InChI is InChI=1S/C13H20N2O/c14-7-6-13(4-5-13)9-15-11-3-8-16-12(11)10-1-2-10/h10-12,15H,1-6,8-9H2. The van der Waals surface area contributed by atoms with E-state index in [1.807, 2.05) is 0 Å². The molecule has 0 aromatic heterocycles. The first kappa shape index (κ1) is 10.6. The molecule has 88 valence electrons. The lowest BCUT2D eigenvalue weighted by Gasteiger charge is -2.22. The van der Waals surface area contributed by atoms with E-state index < -0.39 is 0 Å². The summed E-state index contributed by atoms with van der Waals surface area (Å²) in [6.45, 7) is 1.95. The minimum atomic E-state index is 0.325. The molecule has 1 heterocycles. The van der Waals surface area contributed by atoms with E-state index in [2.05, 4.69) is 11.4 Å². The molecule has 3 rings (SSSR count). The first-order valence-corrected chi connectivity index (χ1v) is 6.55. The predicted octanol–water partition coefficient (Wildman–Crippen LogP) is 1.84. The fraction of sp³-hybridized carbons (Fsp3) is 0.923. The minimum absolute atomic E-state index is 0.325. The Kier molecular flexibility index (Phi) is 2.65. The molecule has 3 heteroatoms. The van der Waals surface area contributed by atoms with Gasteiger partial charge in [0.1, 0.15) is 0 Å². The van der Waals surface area contributed by atoms with E-state index in [1.54, 1.807) is 0 Å². The van der Waals surface area contributed by atoms with Crippen molar-refractivity contribution in [2.24, 2.45) is 11.3 Å². The highest BCUT2D eigenvalue weighted by atomic mass is 16.5. The van der Waals surface area contributed by atoms with Gasteiger partial charge in [-0.05, 0) is 43.4 Å². The topological polar surface area (TPSA) is 45.0 Å². The maximum atomic E-state index is 8.78. The van der Waals surface area contributed by atoms with Crippen molar-refractivity contribution in [3.8, 4) is 6.07 Å². The number of nitrogens with zero attached hydrogens (tertiary/aromatic N) is 1. The van der Waals surface area contributed by atoms with E-state index in [-0.39, 0.29) is 0 Å². The average Bonchev–Trinajstić information content (AvgIpc) is 3.20. The maximum Gasteiger partial charge on any atom is 0.0756 e. The first-order chi connectivity index (χ1) is 7.83. The van der Waals surface area contributed by atoms with Crippen molar-refractivity contribution in [3.05, 3.63) is 0 Å². The lowest BCUT2D eigenvalue weighted by atomic mass is 10.0. The van der Waals surface area contributed by atoms with Gasteiger partial charge in [0, 0.05) is 25.6 Å². The van der Waals surface area contributed by atoms with Crippen molar-refractivity contribution in [2.75, 3.05) is 13.2 Å². The molecule has 0 amide bonds. The zero-order valence-electron chi connectivity index (χ0n) is 9.74. The van der Waals surface area contributed by atoms with E-state index in [9.17, 15) is 0 Å². The Labute approximate surface area is 97.2 Å². The number of nitrogens with one attached hydrogen (secondary N) is 1. The highest BCUT2D eigenvalue weighted by Crippen LogP contribution is 2.48. The van der Waals surface area contributed by atoms with Crippen molar-refractivity contribution >= 4 is 0 Å². The summed E-state index contributed by atoms with van der Waals surface area (Å²) < 4.78 is 5.81. The van der Waals surface area contributed by atoms with Crippen LogP contribution in [0.2, 0.25) is 0 Å². The van der Waals surface area contributed by atoms with E-state index in [1.165, 1.54) is 25.7 Å². The molecule has 2 atom stereocenters. The lowest BCUT2D eigenvalue weighted by molar-refractivity contribution is 0.0801. The van der Waals surface area contributed by atoms with Crippen LogP contribution in [-0.2, 0) is 4.74 Å². The third kappa shape index (κ3) is 2.09. The van der Waals surface area contributed by atoms with Crippen LogP contribution in [0, 0.1) is 22.7 Å². The van der Waals surface area contributed by atoms with Crippen LogP contribution in [0.3, 0.4) is 0 Å². The van der Waals surface area contributed by atoms with Gasteiger partial charge in [0.15, 0.2) is 0 Å². The van der Waals surface area contributed by atoms with Gasteiger partial charge in [0.2, 0.25) is 0 Å². The molecule has 0 spiro atoms. The first-order valence-electron chi connectivity index (χ1n) is 6.55. The Bertz CT molecular complexity index is 302. The van der Waals surface area contributed by atoms with Gasteiger partial charge in [0.25, 0.3) is 0 Å². The monoisotopic (exact) mass is 220 g/mol. The van der Waals surface area contributed by atoms with Crippen LogP contribution >= 0.6 is 0 Å². The number of hydrogen-bond acceptors (Lipinski definition) is 3. The maximum absolute atomic E-state index is 8.78. The summed E-state index contributed by atoms with van der Waals surface area (Å²) in [5.74, 6) is 0.825. The van der Waals surface area contributed by atoms with Gasteiger partial charge < -0.3 is 10.1 Å². The Morgan fingerprint density at radius 2 is 2.12 bits per heavy atom. The molecule has 1 aliphatic heterocycles. The molecular weight excluding hydrogens is 200 g/mol. The molecule has 1 saturated heterocycles. The number of nitriles is 1. The average molecular weight is 220 g/mol. The van der Waals surface area contributed by atoms with Crippen molar-refractivity contribution in [2.45, 2.75) is 50.7 Å². The molecule has 2 saturated carbocycles. The largest absolute Gasteiger partial charge is 0.376 e. The SMILES string of the molecule is N#CCC1(CNC2CCOC2C2CC2)CC1. The molecule has 3 aliphatic rings. The number of ether oxygens (including phenoxy) is 1. The Morgan fingerprint density at radius 1 is 1.31 bits per heavy atom. The summed E-state index contributed by atoms with van der Waals surface area (Å²) in [7, 11) is 0. The summed E-state index contributed by atoms with van der Waals surface area (Å²) >= 11 is 0. The molecule has 1 N–H and O–H groups in total. The normalized spacial score (nSPS) is 35.9. The van der Waals surface area contributed by atoms with E-state index in [0.717, 1.165) is 31.9 Å². The van der Waals surface area contributed by atoms with Gasteiger partial charge in [0.05, 0.1) is 12.2 Å². The zero-order chi connectivity index (χ0) is 11.0. The number of hydrogen-bond donors (Lipinski definition) is 1. The molecule has 0 bridgehead atoms. The van der Waals surface area contributed by atoms with Gasteiger partial charge in [-0.25, -0.2) is 0 Å². The van der Waals surface area contributed by atoms with E-state index in [0.29, 0.717) is 17.6 Å². The van der Waals surface area contributed by atoms with Crippen LogP contribution in [0.25, 0.3) is 0 Å². The van der Waals surface area contributed by atoms with E-state index >= 15 is 0 Å². The predicted molar refractivity (Wildman–Crippen MR) is 60.8 cm³/mol. The third-order valence-electron chi connectivity index (χ3n) is 4.37. The fourth-order valence-corrected chi connectivity index (χ4v) is 2.83. The summed E-state index contributed by atoms with van der Waals surface area (Å²) in [6.07, 6.45) is 7.52.